The van der Waals surface area contributed by atoms with Gasteiger partial charge in [0, 0.05) is 24.2 Å². The lowest BCUT2D eigenvalue weighted by Gasteiger charge is -2.26. The van der Waals surface area contributed by atoms with Crippen LogP contribution in [0.2, 0.25) is 5.02 Å². The molecule has 1 aromatic carbocycles. The van der Waals surface area contributed by atoms with Gasteiger partial charge >= 0.3 is 0 Å². The molecular weight excluding hydrogens is 300 g/mol. The molecule has 110 valence electrons. The maximum atomic E-state index is 12.6. The van der Waals surface area contributed by atoms with Crippen molar-refractivity contribution in [2.45, 2.75) is 31.2 Å². The van der Waals surface area contributed by atoms with Gasteiger partial charge in [-0.3, -0.25) is 0 Å². The van der Waals surface area contributed by atoms with Gasteiger partial charge in [0.25, 0.3) is 0 Å². The number of sulfonamides is 1. The molecule has 0 aliphatic rings. The van der Waals surface area contributed by atoms with Crippen molar-refractivity contribution in [1.82, 2.24) is 4.31 Å². The lowest BCUT2D eigenvalue weighted by atomic mass is 10.2. The molecule has 0 saturated carbocycles. The Bertz CT molecular complexity index is 609. The monoisotopic (exact) mass is 316 g/mol. The van der Waals surface area contributed by atoms with Crippen molar-refractivity contribution in [2.24, 2.45) is 0 Å². The molecule has 0 amide bonds. The summed E-state index contributed by atoms with van der Waals surface area (Å²) in [5, 5.41) is 18.2. The smallest absolute Gasteiger partial charge is 0.244 e. The Morgan fingerprint density at radius 1 is 1.45 bits per heavy atom. The summed E-state index contributed by atoms with van der Waals surface area (Å²) in [6.07, 6.45) is 0.333. The second-order valence-corrected chi connectivity index (χ2v) is 6.83. The minimum absolute atomic E-state index is 0.0593. The Morgan fingerprint density at radius 2 is 2.10 bits per heavy atom. The molecular formula is C13H17ClN2O3S. The van der Waals surface area contributed by atoms with E-state index in [9.17, 15) is 8.42 Å². The fourth-order valence-electron chi connectivity index (χ4n) is 1.81. The number of benzene rings is 1. The van der Waals surface area contributed by atoms with Gasteiger partial charge in [0.05, 0.1) is 5.56 Å². The van der Waals surface area contributed by atoms with E-state index in [1.165, 1.54) is 22.5 Å². The fraction of sp³-hybridized carbons (Fsp3) is 0.462. The molecule has 1 aromatic rings. The molecule has 0 bridgehead atoms. The van der Waals surface area contributed by atoms with E-state index in [0.717, 1.165) is 0 Å². The van der Waals surface area contributed by atoms with E-state index >= 15 is 0 Å². The maximum absolute atomic E-state index is 12.6. The van der Waals surface area contributed by atoms with Crippen LogP contribution in [0.5, 0.6) is 0 Å². The van der Waals surface area contributed by atoms with Crippen molar-refractivity contribution in [3.05, 3.63) is 28.8 Å². The molecule has 0 fully saturated rings. The average Bonchev–Trinajstić information content (AvgIpc) is 2.38. The third kappa shape index (κ3) is 3.70. The van der Waals surface area contributed by atoms with Crippen LogP contribution < -0.4 is 0 Å². The molecule has 0 radical (unpaired) electrons. The van der Waals surface area contributed by atoms with Crippen LogP contribution in [0, 0.1) is 11.3 Å². The number of nitrogens with zero attached hydrogens (tertiary/aromatic N) is 2. The molecule has 5 nitrogen and oxygen atoms in total. The fourth-order valence-corrected chi connectivity index (χ4v) is 3.89. The molecule has 7 heteroatoms. The second-order valence-electron chi connectivity index (χ2n) is 4.54. The summed E-state index contributed by atoms with van der Waals surface area (Å²) in [5.41, 5.74) is 0.0593. The van der Waals surface area contributed by atoms with E-state index in [4.69, 9.17) is 22.0 Å². The first-order valence-corrected chi connectivity index (χ1v) is 7.98. The minimum atomic E-state index is -3.82. The van der Waals surface area contributed by atoms with Crippen LogP contribution in [0.25, 0.3) is 0 Å². The lowest BCUT2D eigenvalue weighted by Crippen LogP contribution is -2.38. The van der Waals surface area contributed by atoms with Gasteiger partial charge in [-0.25, -0.2) is 8.42 Å². The molecule has 0 heterocycles. The highest BCUT2D eigenvalue weighted by atomic mass is 35.5. The first kappa shape index (κ1) is 16.9. The van der Waals surface area contributed by atoms with Crippen molar-refractivity contribution in [3.63, 3.8) is 0 Å². The lowest BCUT2D eigenvalue weighted by molar-refractivity contribution is 0.258. The number of hydrogen-bond donors (Lipinski definition) is 1. The van der Waals surface area contributed by atoms with E-state index in [1.807, 2.05) is 6.07 Å². The van der Waals surface area contributed by atoms with E-state index in [1.54, 1.807) is 13.8 Å². The molecule has 0 atom stereocenters. The third-order valence-electron chi connectivity index (χ3n) is 2.76. The topological polar surface area (TPSA) is 81.4 Å². The van der Waals surface area contributed by atoms with Crippen molar-refractivity contribution in [1.29, 1.82) is 5.26 Å². The van der Waals surface area contributed by atoms with Crippen LogP contribution in [0.1, 0.15) is 25.8 Å². The summed E-state index contributed by atoms with van der Waals surface area (Å²) in [6.45, 7) is 3.57. The summed E-state index contributed by atoms with van der Waals surface area (Å²) >= 11 is 5.84. The van der Waals surface area contributed by atoms with Gasteiger partial charge in [0.15, 0.2) is 0 Å². The Labute approximate surface area is 124 Å². The molecule has 0 aromatic heterocycles. The van der Waals surface area contributed by atoms with Crippen LogP contribution in [0.3, 0.4) is 0 Å². The Balaban J connectivity index is 3.33. The van der Waals surface area contributed by atoms with Crippen molar-refractivity contribution >= 4 is 21.6 Å². The Kier molecular flexibility index (Phi) is 5.96. The summed E-state index contributed by atoms with van der Waals surface area (Å²) in [5.74, 6) is 0. The third-order valence-corrected chi connectivity index (χ3v) is 5.11. The number of aliphatic hydroxyl groups excluding tert-OH is 1. The van der Waals surface area contributed by atoms with Crippen LogP contribution in [-0.2, 0) is 10.0 Å². The van der Waals surface area contributed by atoms with Gasteiger partial charge in [-0.05, 0) is 38.5 Å². The standard InChI is InChI=1S/C13H17ClN2O3S/c1-10(2)16(6-3-7-17)20(18,19)13-8-12(14)5-4-11(13)9-15/h4-5,8,10,17H,3,6-7H2,1-2H3. The minimum Gasteiger partial charge on any atom is -0.396 e. The zero-order valence-corrected chi connectivity index (χ0v) is 12.9. The van der Waals surface area contributed by atoms with E-state index in [2.05, 4.69) is 0 Å². The number of rotatable bonds is 6. The van der Waals surface area contributed by atoms with Gasteiger partial charge in [0.1, 0.15) is 11.0 Å². The molecule has 0 aliphatic carbocycles. The highest BCUT2D eigenvalue weighted by molar-refractivity contribution is 7.89. The molecule has 20 heavy (non-hydrogen) atoms. The largest absolute Gasteiger partial charge is 0.396 e. The van der Waals surface area contributed by atoms with Crippen LogP contribution in [0.15, 0.2) is 23.1 Å². The van der Waals surface area contributed by atoms with E-state index in [0.29, 0.717) is 6.42 Å². The Hall–Kier alpha value is -1.13. The number of aliphatic hydroxyl groups is 1. The predicted molar refractivity (Wildman–Crippen MR) is 76.9 cm³/mol. The summed E-state index contributed by atoms with van der Waals surface area (Å²) in [4.78, 5) is -0.0980. The zero-order chi connectivity index (χ0) is 15.3. The molecule has 0 spiro atoms. The quantitative estimate of drug-likeness (QED) is 0.870. The SMILES string of the molecule is CC(C)N(CCCO)S(=O)(=O)c1cc(Cl)ccc1C#N. The summed E-state index contributed by atoms with van der Waals surface area (Å²) in [6, 6.07) is 5.73. The van der Waals surface area contributed by atoms with E-state index < -0.39 is 10.0 Å². The van der Waals surface area contributed by atoms with E-state index in [-0.39, 0.29) is 34.7 Å². The van der Waals surface area contributed by atoms with Gasteiger partial charge in [-0.2, -0.15) is 9.57 Å². The molecule has 0 aliphatic heterocycles. The molecule has 1 N–H and O–H groups in total. The summed E-state index contributed by atoms with van der Waals surface area (Å²) in [7, 11) is -3.82. The normalized spacial score (nSPS) is 11.8. The first-order chi connectivity index (χ1) is 9.34. The average molecular weight is 317 g/mol. The predicted octanol–water partition coefficient (Wildman–Crippen LogP) is 1.99. The number of hydrogen-bond acceptors (Lipinski definition) is 4. The van der Waals surface area contributed by atoms with Gasteiger partial charge in [0.2, 0.25) is 10.0 Å². The second kappa shape index (κ2) is 7.04. The summed E-state index contributed by atoms with van der Waals surface area (Å²) < 4.78 is 26.6. The molecule has 1 rings (SSSR count). The van der Waals surface area contributed by atoms with Gasteiger partial charge in [-0.1, -0.05) is 11.6 Å². The van der Waals surface area contributed by atoms with Crippen LogP contribution in [-0.4, -0.2) is 37.0 Å². The highest BCUT2D eigenvalue weighted by Crippen LogP contribution is 2.25. The van der Waals surface area contributed by atoms with Crippen molar-refractivity contribution in [3.8, 4) is 6.07 Å². The number of nitriles is 1. The maximum Gasteiger partial charge on any atom is 0.244 e. The highest BCUT2D eigenvalue weighted by Gasteiger charge is 2.29. The van der Waals surface area contributed by atoms with Gasteiger partial charge < -0.3 is 5.11 Å². The van der Waals surface area contributed by atoms with Crippen LogP contribution >= 0.6 is 11.6 Å². The molecule has 0 unspecified atom stereocenters. The number of halogens is 1. The van der Waals surface area contributed by atoms with Gasteiger partial charge in [-0.15, -0.1) is 0 Å². The first-order valence-electron chi connectivity index (χ1n) is 6.17. The van der Waals surface area contributed by atoms with Crippen molar-refractivity contribution < 1.29 is 13.5 Å². The van der Waals surface area contributed by atoms with Crippen LogP contribution in [0.4, 0.5) is 0 Å². The Morgan fingerprint density at radius 3 is 2.60 bits per heavy atom. The van der Waals surface area contributed by atoms with Crippen molar-refractivity contribution in [2.75, 3.05) is 13.2 Å². The zero-order valence-electron chi connectivity index (χ0n) is 11.4. The molecule has 0 saturated heterocycles.